The van der Waals surface area contributed by atoms with Crippen LogP contribution in [-0.4, -0.2) is 36.0 Å². The molecule has 0 saturated heterocycles. The topological polar surface area (TPSA) is 65.4 Å². The number of carbonyl (C=O) groups is 1. The van der Waals surface area contributed by atoms with E-state index in [0.717, 1.165) is 11.4 Å². The first-order valence-electron chi connectivity index (χ1n) is 9.47. The zero-order valence-corrected chi connectivity index (χ0v) is 17.7. The minimum Gasteiger partial charge on any atom is -0.488 e. The highest BCUT2D eigenvalue weighted by Gasteiger charge is 2.21. The minimum absolute atomic E-state index is 0.0144. The Hall–Kier alpha value is -2.90. The second-order valence-corrected chi connectivity index (χ2v) is 7.37. The Morgan fingerprint density at radius 2 is 2.03 bits per heavy atom. The molecule has 1 N–H and O–H groups in total. The summed E-state index contributed by atoms with van der Waals surface area (Å²) in [4.78, 5) is 12.9. The molecule has 1 heterocycles. The molecule has 0 aliphatic heterocycles. The Morgan fingerprint density at radius 3 is 2.70 bits per heavy atom. The van der Waals surface area contributed by atoms with Crippen LogP contribution in [0.1, 0.15) is 35.8 Å². The largest absolute Gasteiger partial charge is 0.488 e. The van der Waals surface area contributed by atoms with Crippen LogP contribution in [0.4, 0.5) is 10.1 Å². The number of amides is 1. The molecule has 3 rings (SSSR count). The molecule has 0 aliphatic carbocycles. The van der Waals surface area contributed by atoms with Crippen molar-refractivity contribution in [3.05, 3.63) is 70.8 Å². The number of nitrogens with one attached hydrogen (secondary N) is 1. The predicted octanol–water partition coefficient (Wildman–Crippen LogP) is 5.07. The summed E-state index contributed by atoms with van der Waals surface area (Å²) in [6, 6.07) is 11.5. The van der Waals surface area contributed by atoms with Gasteiger partial charge in [-0.1, -0.05) is 31.5 Å². The van der Waals surface area contributed by atoms with Crippen LogP contribution in [0, 0.1) is 5.82 Å². The minimum atomic E-state index is -0.567. The first-order valence-corrected chi connectivity index (χ1v) is 9.85. The fraction of sp³-hybridized carbons (Fsp3) is 0.273. The molecule has 30 heavy (non-hydrogen) atoms. The Balaban J connectivity index is 1.83. The first-order chi connectivity index (χ1) is 14.4. The van der Waals surface area contributed by atoms with E-state index < -0.39 is 5.82 Å². The third kappa shape index (κ3) is 4.98. The molecule has 0 saturated carbocycles. The molecule has 0 atom stereocenters. The highest BCUT2D eigenvalue weighted by Crippen LogP contribution is 2.26. The summed E-state index contributed by atoms with van der Waals surface area (Å²) < 4.78 is 26.1. The van der Waals surface area contributed by atoms with Crippen LogP contribution in [0.5, 0.6) is 5.75 Å². The third-order valence-electron chi connectivity index (χ3n) is 4.39. The van der Waals surface area contributed by atoms with Crippen molar-refractivity contribution >= 4 is 23.2 Å². The van der Waals surface area contributed by atoms with Crippen molar-refractivity contribution in [1.82, 2.24) is 9.78 Å². The number of rotatable bonds is 8. The van der Waals surface area contributed by atoms with Gasteiger partial charge in [0, 0.05) is 23.9 Å². The molecule has 1 amide bonds. The first kappa shape index (κ1) is 21.8. The average molecular weight is 432 g/mol. The van der Waals surface area contributed by atoms with Gasteiger partial charge in [0.2, 0.25) is 0 Å². The predicted molar refractivity (Wildman–Crippen MR) is 114 cm³/mol. The second kappa shape index (κ2) is 9.73. The summed E-state index contributed by atoms with van der Waals surface area (Å²) in [5.74, 6) is -0.829. The number of hydrogen-bond acceptors (Lipinski definition) is 4. The number of nitrogens with zero attached hydrogens (tertiary/aromatic N) is 2. The molecule has 158 valence electrons. The number of halogens is 2. The van der Waals surface area contributed by atoms with Gasteiger partial charge in [-0.25, -0.2) is 9.07 Å². The number of benzene rings is 2. The van der Waals surface area contributed by atoms with Gasteiger partial charge in [-0.15, -0.1) is 0 Å². The number of ether oxygens (including phenoxy) is 2. The second-order valence-electron chi connectivity index (χ2n) is 6.93. The highest BCUT2D eigenvalue weighted by molar-refractivity contribution is 6.30. The van der Waals surface area contributed by atoms with Crippen LogP contribution in [0.15, 0.2) is 48.7 Å². The SMILES string of the molecule is COCCOc1ccc(NC(=O)c2cnn(-c3cccc(Cl)c3)c2C(C)C)cc1F. The highest BCUT2D eigenvalue weighted by atomic mass is 35.5. The van der Waals surface area contributed by atoms with E-state index in [0.29, 0.717) is 22.9 Å². The summed E-state index contributed by atoms with van der Waals surface area (Å²) in [7, 11) is 1.54. The van der Waals surface area contributed by atoms with E-state index in [1.807, 2.05) is 26.0 Å². The molecule has 0 radical (unpaired) electrons. The maximum absolute atomic E-state index is 14.3. The summed E-state index contributed by atoms with van der Waals surface area (Å²) >= 11 is 6.10. The molecule has 1 aromatic heterocycles. The van der Waals surface area contributed by atoms with E-state index in [-0.39, 0.29) is 24.2 Å². The summed E-state index contributed by atoms with van der Waals surface area (Å²) in [5.41, 5.74) is 2.22. The van der Waals surface area contributed by atoms with Crippen molar-refractivity contribution < 1.29 is 18.7 Å². The molecular formula is C22H23ClFN3O3. The maximum Gasteiger partial charge on any atom is 0.259 e. The van der Waals surface area contributed by atoms with Crippen molar-refractivity contribution in [2.45, 2.75) is 19.8 Å². The lowest BCUT2D eigenvalue weighted by molar-refractivity contribution is 0.102. The Morgan fingerprint density at radius 1 is 1.23 bits per heavy atom. The number of aromatic nitrogens is 2. The summed E-state index contributed by atoms with van der Waals surface area (Å²) in [5, 5.41) is 7.68. The van der Waals surface area contributed by atoms with Crippen molar-refractivity contribution in [3.8, 4) is 11.4 Å². The van der Waals surface area contributed by atoms with Crippen molar-refractivity contribution in [1.29, 1.82) is 0 Å². The van der Waals surface area contributed by atoms with Crippen molar-refractivity contribution in [3.63, 3.8) is 0 Å². The number of hydrogen-bond donors (Lipinski definition) is 1. The van der Waals surface area contributed by atoms with Crippen molar-refractivity contribution in [2.75, 3.05) is 25.6 Å². The normalized spacial score (nSPS) is 11.0. The molecule has 0 bridgehead atoms. The smallest absolute Gasteiger partial charge is 0.259 e. The average Bonchev–Trinajstić information content (AvgIpc) is 3.15. The van der Waals surface area contributed by atoms with Crippen LogP contribution < -0.4 is 10.1 Å². The van der Waals surface area contributed by atoms with Crippen LogP contribution in [0.25, 0.3) is 5.69 Å². The van der Waals surface area contributed by atoms with Crippen LogP contribution >= 0.6 is 11.6 Å². The fourth-order valence-corrected chi connectivity index (χ4v) is 3.22. The molecule has 2 aromatic carbocycles. The van der Waals surface area contributed by atoms with Gasteiger partial charge in [0.1, 0.15) is 6.61 Å². The zero-order valence-electron chi connectivity index (χ0n) is 17.0. The van der Waals surface area contributed by atoms with Gasteiger partial charge < -0.3 is 14.8 Å². The van der Waals surface area contributed by atoms with E-state index in [4.69, 9.17) is 21.1 Å². The maximum atomic E-state index is 14.3. The van der Waals surface area contributed by atoms with Gasteiger partial charge >= 0.3 is 0 Å². The van der Waals surface area contributed by atoms with Crippen LogP contribution in [-0.2, 0) is 4.74 Å². The van der Waals surface area contributed by atoms with E-state index in [1.165, 1.54) is 25.4 Å². The Kier molecular flexibility index (Phi) is 7.07. The lowest BCUT2D eigenvalue weighted by Crippen LogP contribution is -2.15. The zero-order chi connectivity index (χ0) is 21.7. The van der Waals surface area contributed by atoms with Crippen molar-refractivity contribution in [2.24, 2.45) is 0 Å². The summed E-state index contributed by atoms with van der Waals surface area (Å²) in [6.07, 6.45) is 1.50. The summed E-state index contributed by atoms with van der Waals surface area (Å²) in [6.45, 7) is 4.54. The number of anilines is 1. The Bertz CT molecular complexity index is 1040. The van der Waals surface area contributed by atoms with E-state index in [2.05, 4.69) is 10.4 Å². The lowest BCUT2D eigenvalue weighted by atomic mass is 10.0. The van der Waals surface area contributed by atoms with Crippen LogP contribution in [0.2, 0.25) is 5.02 Å². The fourth-order valence-electron chi connectivity index (χ4n) is 3.03. The molecular weight excluding hydrogens is 409 g/mol. The van der Waals surface area contributed by atoms with Gasteiger partial charge in [0.05, 0.1) is 29.7 Å². The molecule has 0 spiro atoms. The van der Waals surface area contributed by atoms with Crippen LogP contribution in [0.3, 0.4) is 0 Å². The molecule has 0 unspecified atom stereocenters. The molecule has 6 nitrogen and oxygen atoms in total. The standard InChI is InChI=1S/C22H23ClFN3O3/c1-14(2)21-18(13-25-27(21)17-6-4-5-15(23)11-17)22(28)26-16-7-8-20(19(24)12-16)30-10-9-29-3/h4-8,11-14H,9-10H2,1-3H3,(H,26,28). The molecule has 8 heteroatoms. The van der Waals surface area contributed by atoms with E-state index >= 15 is 0 Å². The Labute approximate surface area is 179 Å². The lowest BCUT2D eigenvalue weighted by Gasteiger charge is -2.13. The van der Waals surface area contributed by atoms with Gasteiger partial charge in [0.25, 0.3) is 5.91 Å². The van der Waals surface area contributed by atoms with Gasteiger partial charge in [-0.05, 0) is 36.2 Å². The molecule has 0 aliphatic rings. The van der Waals surface area contributed by atoms with Gasteiger partial charge in [-0.3, -0.25) is 4.79 Å². The van der Waals surface area contributed by atoms with Gasteiger partial charge in [0.15, 0.2) is 11.6 Å². The molecule has 0 fully saturated rings. The third-order valence-corrected chi connectivity index (χ3v) is 4.62. The van der Waals surface area contributed by atoms with E-state index in [1.54, 1.807) is 22.9 Å². The number of carbonyl (C=O) groups excluding carboxylic acids is 1. The quantitative estimate of drug-likeness (QED) is 0.506. The number of methoxy groups -OCH3 is 1. The molecule has 3 aromatic rings. The van der Waals surface area contributed by atoms with E-state index in [9.17, 15) is 9.18 Å². The monoisotopic (exact) mass is 431 g/mol. The van der Waals surface area contributed by atoms with Gasteiger partial charge in [-0.2, -0.15) is 5.10 Å².